The summed E-state index contributed by atoms with van der Waals surface area (Å²) in [6.45, 7) is 4.11. The highest BCUT2D eigenvalue weighted by Crippen LogP contribution is 2.25. The average Bonchev–Trinajstić information content (AvgIpc) is 2.36. The number of carboxylic acids is 1. The number of aryl methyl sites for hydroxylation is 1. The summed E-state index contributed by atoms with van der Waals surface area (Å²) < 4.78 is 0. The van der Waals surface area contributed by atoms with Crippen molar-refractivity contribution < 1.29 is 14.7 Å². The third-order valence-electron chi connectivity index (χ3n) is 3.66. The van der Waals surface area contributed by atoms with E-state index in [0.29, 0.717) is 35.8 Å². The predicted molar refractivity (Wildman–Crippen MR) is 74.8 cm³/mol. The molecule has 1 N–H and O–H groups in total. The van der Waals surface area contributed by atoms with Crippen molar-refractivity contribution in [2.45, 2.75) is 32.7 Å². The van der Waals surface area contributed by atoms with E-state index in [9.17, 15) is 9.59 Å². The molecule has 0 spiro atoms. The number of carboxylic acid groups (broad SMARTS) is 1. The number of hydrogen-bond donors (Lipinski definition) is 1. The number of carbonyl (C=O) groups is 2. The van der Waals surface area contributed by atoms with E-state index in [1.165, 1.54) is 0 Å². The summed E-state index contributed by atoms with van der Waals surface area (Å²) in [5, 5.41) is 9.33. The molecular weight excluding hydrogens is 280 g/mol. The van der Waals surface area contributed by atoms with E-state index in [1.54, 1.807) is 24.0 Å². The molecule has 1 aliphatic rings. The molecule has 1 fully saturated rings. The quantitative estimate of drug-likeness (QED) is 0.851. The van der Waals surface area contributed by atoms with Crippen LogP contribution in [0.2, 0.25) is 5.15 Å². The van der Waals surface area contributed by atoms with Gasteiger partial charge >= 0.3 is 5.97 Å². The molecule has 1 aromatic rings. The van der Waals surface area contributed by atoms with Gasteiger partial charge in [-0.15, -0.1) is 0 Å². The monoisotopic (exact) mass is 296 g/mol. The highest BCUT2D eigenvalue weighted by Gasteiger charge is 2.32. The van der Waals surface area contributed by atoms with Crippen molar-refractivity contribution >= 4 is 23.5 Å². The lowest BCUT2D eigenvalue weighted by atomic mass is 9.91. The van der Waals surface area contributed by atoms with Crippen LogP contribution in [0.4, 0.5) is 0 Å². The van der Waals surface area contributed by atoms with Crippen LogP contribution in [0.1, 0.15) is 35.8 Å². The molecule has 1 saturated heterocycles. The summed E-state index contributed by atoms with van der Waals surface area (Å²) in [6, 6.07) is 3.15. The van der Waals surface area contributed by atoms with E-state index < -0.39 is 5.97 Å². The van der Waals surface area contributed by atoms with Crippen molar-refractivity contribution in [1.29, 1.82) is 0 Å². The molecule has 0 aliphatic carbocycles. The van der Waals surface area contributed by atoms with Gasteiger partial charge in [0.1, 0.15) is 5.15 Å². The first-order valence-electron chi connectivity index (χ1n) is 6.56. The molecule has 6 heteroatoms. The van der Waals surface area contributed by atoms with Gasteiger partial charge in [0, 0.05) is 23.8 Å². The standard InChI is InChI=1S/C14H17ClN2O3/c1-8-5-11(7-12(15)16-8)13(18)17-4-3-10(14(19)20)6-9(17)2/h5,7,9-10H,3-4,6H2,1-2H3,(H,19,20). The van der Waals surface area contributed by atoms with Crippen LogP contribution in [0.5, 0.6) is 0 Å². The molecule has 2 heterocycles. The summed E-state index contributed by atoms with van der Waals surface area (Å²) >= 11 is 5.87. The fourth-order valence-corrected chi connectivity index (χ4v) is 2.87. The van der Waals surface area contributed by atoms with Gasteiger partial charge in [0.2, 0.25) is 0 Å². The molecule has 2 atom stereocenters. The maximum Gasteiger partial charge on any atom is 0.306 e. The van der Waals surface area contributed by atoms with Gasteiger partial charge in [0.05, 0.1) is 5.92 Å². The summed E-state index contributed by atoms with van der Waals surface area (Å²) in [5.74, 6) is -1.27. The van der Waals surface area contributed by atoms with Crippen LogP contribution in [0.15, 0.2) is 12.1 Å². The summed E-state index contributed by atoms with van der Waals surface area (Å²) in [4.78, 5) is 29.2. The molecule has 1 aliphatic heterocycles. The summed E-state index contributed by atoms with van der Waals surface area (Å²) in [5.41, 5.74) is 1.19. The van der Waals surface area contributed by atoms with Gasteiger partial charge < -0.3 is 10.0 Å². The Morgan fingerprint density at radius 3 is 2.70 bits per heavy atom. The van der Waals surface area contributed by atoms with Crippen molar-refractivity contribution in [2.75, 3.05) is 6.54 Å². The number of aliphatic carboxylic acids is 1. The fourth-order valence-electron chi connectivity index (χ4n) is 2.62. The van der Waals surface area contributed by atoms with Crippen molar-refractivity contribution in [3.63, 3.8) is 0 Å². The van der Waals surface area contributed by atoms with Crippen LogP contribution in [0.25, 0.3) is 0 Å². The first-order valence-corrected chi connectivity index (χ1v) is 6.94. The molecule has 1 amide bonds. The number of halogens is 1. The van der Waals surface area contributed by atoms with Crippen LogP contribution in [0.3, 0.4) is 0 Å². The molecular formula is C14H17ClN2O3. The van der Waals surface area contributed by atoms with E-state index in [0.717, 1.165) is 0 Å². The van der Waals surface area contributed by atoms with Crippen LogP contribution in [-0.2, 0) is 4.79 Å². The first-order chi connectivity index (χ1) is 9.38. The lowest BCUT2D eigenvalue weighted by Gasteiger charge is -2.36. The molecule has 20 heavy (non-hydrogen) atoms. The second-order valence-corrected chi connectivity index (χ2v) is 5.61. The Morgan fingerprint density at radius 1 is 1.45 bits per heavy atom. The third-order valence-corrected chi connectivity index (χ3v) is 3.85. The number of likely N-dealkylation sites (tertiary alicyclic amines) is 1. The summed E-state index contributed by atoms with van der Waals surface area (Å²) in [6.07, 6.45) is 0.974. The number of rotatable bonds is 2. The highest BCUT2D eigenvalue weighted by molar-refractivity contribution is 6.29. The highest BCUT2D eigenvalue weighted by atomic mass is 35.5. The maximum absolute atomic E-state index is 12.5. The Hall–Kier alpha value is -1.62. The Labute approximate surface area is 122 Å². The number of hydrogen-bond acceptors (Lipinski definition) is 3. The van der Waals surface area contributed by atoms with Gasteiger partial charge in [-0.2, -0.15) is 0 Å². The number of amides is 1. The first kappa shape index (κ1) is 14.8. The Kier molecular flexibility index (Phi) is 4.28. The van der Waals surface area contributed by atoms with Crippen molar-refractivity contribution in [3.8, 4) is 0 Å². The van der Waals surface area contributed by atoms with Crippen molar-refractivity contribution in [1.82, 2.24) is 9.88 Å². The average molecular weight is 297 g/mol. The van der Waals surface area contributed by atoms with Crippen LogP contribution >= 0.6 is 11.6 Å². The minimum atomic E-state index is -0.785. The molecule has 108 valence electrons. The molecule has 0 bridgehead atoms. The molecule has 5 nitrogen and oxygen atoms in total. The smallest absolute Gasteiger partial charge is 0.306 e. The second kappa shape index (κ2) is 5.79. The lowest BCUT2D eigenvalue weighted by molar-refractivity contribution is -0.143. The largest absolute Gasteiger partial charge is 0.481 e. The number of nitrogens with zero attached hydrogens (tertiary/aromatic N) is 2. The van der Waals surface area contributed by atoms with Gasteiger partial charge in [-0.3, -0.25) is 9.59 Å². The Bertz CT molecular complexity index is 527. The molecule has 1 aromatic heterocycles. The van der Waals surface area contributed by atoms with E-state index in [4.69, 9.17) is 16.7 Å². The van der Waals surface area contributed by atoms with Crippen molar-refractivity contribution in [3.05, 3.63) is 28.5 Å². The van der Waals surface area contributed by atoms with E-state index in [1.807, 2.05) is 6.92 Å². The molecule has 2 unspecified atom stereocenters. The van der Waals surface area contributed by atoms with E-state index in [2.05, 4.69) is 4.98 Å². The van der Waals surface area contributed by atoms with Crippen molar-refractivity contribution in [2.24, 2.45) is 5.92 Å². The van der Waals surface area contributed by atoms with Gasteiger partial charge in [-0.1, -0.05) is 11.6 Å². The second-order valence-electron chi connectivity index (χ2n) is 5.23. The number of carbonyl (C=O) groups excluding carboxylic acids is 1. The van der Waals surface area contributed by atoms with Gasteiger partial charge in [0.25, 0.3) is 5.91 Å². The van der Waals surface area contributed by atoms with Crippen LogP contribution < -0.4 is 0 Å². The molecule has 0 aromatic carbocycles. The predicted octanol–water partition coefficient (Wildman–Crippen LogP) is 2.37. The minimum absolute atomic E-state index is 0.0930. The van der Waals surface area contributed by atoms with Crippen LogP contribution in [0, 0.1) is 12.8 Å². The zero-order chi connectivity index (χ0) is 14.9. The topological polar surface area (TPSA) is 70.5 Å². The third kappa shape index (κ3) is 3.10. The Balaban J connectivity index is 2.15. The van der Waals surface area contributed by atoms with Gasteiger partial charge in [-0.25, -0.2) is 4.98 Å². The normalized spacial score (nSPS) is 22.6. The van der Waals surface area contributed by atoms with Gasteiger partial charge in [0.15, 0.2) is 0 Å². The maximum atomic E-state index is 12.5. The fraction of sp³-hybridized carbons (Fsp3) is 0.500. The number of pyridine rings is 1. The number of aromatic nitrogens is 1. The Morgan fingerprint density at radius 2 is 2.15 bits per heavy atom. The summed E-state index contributed by atoms with van der Waals surface area (Å²) in [7, 11) is 0. The SMILES string of the molecule is Cc1cc(C(=O)N2CCC(C(=O)O)CC2C)cc(Cl)n1. The van der Waals surface area contributed by atoms with E-state index in [-0.39, 0.29) is 17.9 Å². The number of piperidine rings is 1. The van der Waals surface area contributed by atoms with Crippen LogP contribution in [-0.4, -0.2) is 39.5 Å². The minimum Gasteiger partial charge on any atom is -0.481 e. The lowest BCUT2D eigenvalue weighted by Crippen LogP contribution is -2.46. The molecule has 0 saturated carbocycles. The van der Waals surface area contributed by atoms with Gasteiger partial charge in [-0.05, 0) is 38.8 Å². The molecule has 2 rings (SSSR count). The zero-order valence-corrected chi connectivity index (χ0v) is 12.2. The zero-order valence-electron chi connectivity index (χ0n) is 11.5. The molecule has 0 radical (unpaired) electrons. The van der Waals surface area contributed by atoms with E-state index >= 15 is 0 Å².